The van der Waals surface area contributed by atoms with Gasteiger partial charge in [0.15, 0.2) is 22.1 Å². The Kier molecular flexibility index (Phi) is 7.54. The number of hydrogen-bond donors (Lipinski definition) is 4. The lowest BCUT2D eigenvalue weighted by Gasteiger charge is -2.17. The highest BCUT2D eigenvalue weighted by atomic mass is 32.2. The Hall–Kier alpha value is -2.52. The molecule has 3 aromatic rings. The summed E-state index contributed by atoms with van der Waals surface area (Å²) >= 11 is 0.873. The van der Waals surface area contributed by atoms with Gasteiger partial charge in [0.1, 0.15) is 12.2 Å². The Labute approximate surface area is 214 Å². The topological polar surface area (TPSA) is 138 Å². The van der Waals surface area contributed by atoms with E-state index in [4.69, 9.17) is 9.84 Å². The van der Waals surface area contributed by atoms with Gasteiger partial charge in [0.25, 0.3) is 0 Å². The summed E-state index contributed by atoms with van der Waals surface area (Å²) in [5.41, 5.74) is 1.73. The van der Waals surface area contributed by atoms with Crippen molar-refractivity contribution in [3.8, 4) is 0 Å². The summed E-state index contributed by atoms with van der Waals surface area (Å²) in [5.74, 6) is 0.364. The Balaban J connectivity index is 1.43. The highest BCUT2D eigenvalue weighted by molar-refractivity contribution is 7.99. The Bertz CT molecular complexity index is 1220. The van der Waals surface area contributed by atoms with Crippen LogP contribution in [0.3, 0.4) is 0 Å². The maximum absolute atomic E-state index is 12.7. The minimum absolute atomic E-state index is 0.000523. The van der Waals surface area contributed by atoms with Crippen LogP contribution in [0.25, 0.3) is 11.2 Å². The number of hydrogen-bond acceptors (Lipinski definition) is 10. The number of thioether (sulfide) groups is 1. The van der Waals surface area contributed by atoms with Crippen molar-refractivity contribution in [1.29, 1.82) is 0 Å². The van der Waals surface area contributed by atoms with E-state index >= 15 is 0 Å². The summed E-state index contributed by atoms with van der Waals surface area (Å²) < 4.78 is 45.0. The Morgan fingerprint density at radius 3 is 2.62 bits per heavy atom. The standard InChI is InChI=1S/C23H27F3N6O4S/c24-23(25,26)6-9-37-22-28-20(27-14-10-13(14)12-4-2-1-3-5-12)17-21(29-22)32(31-30-17)15-11-16(36-8-7-33)19(35)18(15)34/h1-5,13-16,18-19,33-35H,6-11H2,(H,27,28,29)/t13?,14?,15-,16+,18+,19-/m0/s1. The van der Waals surface area contributed by atoms with Crippen molar-refractivity contribution in [2.24, 2.45) is 0 Å². The molecule has 10 nitrogen and oxygen atoms in total. The molecule has 2 aliphatic rings. The highest BCUT2D eigenvalue weighted by Gasteiger charge is 2.45. The molecule has 0 aliphatic heterocycles. The number of ether oxygens (including phenoxy) is 1. The van der Waals surface area contributed by atoms with Gasteiger partial charge >= 0.3 is 6.18 Å². The monoisotopic (exact) mass is 540 g/mol. The average Bonchev–Trinajstić information content (AvgIpc) is 3.42. The fraction of sp³-hybridized carbons (Fsp3) is 0.565. The zero-order valence-electron chi connectivity index (χ0n) is 19.6. The minimum Gasteiger partial charge on any atom is -0.394 e. The second kappa shape index (κ2) is 10.7. The predicted octanol–water partition coefficient (Wildman–Crippen LogP) is 2.28. The van der Waals surface area contributed by atoms with Crippen LogP contribution in [0.4, 0.5) is 19.0 Å². The van der Waals surface area contributed by atoms with Gasteiger partial charge in [0, 0.05) is 24.1 Å². The number of fused-ring (bicyclic) bond motifs is 1. The first kappa shape index (κ1) is 26.1. The number of nitrogens with one attached hydrogen (secondary N) is 1. The summed E-state index contributed by atoms with van der Waals surface area (Å²) in [5, 5.41) is 42.0. The third kappa shape index (κ3) is 5.82. The molecular formula is C23H27F3N6O4S. The Morgan fingerprint density at radius 1 is 1.11 bits per heavy atom. The minimum atomic E-state index is -4.30. The van der Waals surface area contributed by atoms with Crippen LogP contribution in [-0.2, 0) is 4.74 Å². The van der Waals surface area contributed by atoms with Gasteiger partial charge in [0.05, 0.1) is 31.8 Å². The van der Waals surface area contributed by atoms with Gasteiger partial charge in [-0.1, -0.05) is 47.3 Å². The molecule has 2 heterocycles. The van der Waals surface area contributed by atoms with Crippen LogP contribution in [0.15, 0.2) is 35.5 Å². The van der Waals surface area contributed by atoms with Crippen molar-refractivity contribution >= 4 is 28.7 Å². The second-order valence-electron chi connectivity index (χ2n) is 9.20. The van der Waals surface area contributed by atoms with Crippen LogP contribution in [-0.4, -0.2) is 89.8 Å². The van der Waals surface area contributed by atoms with E-state index in [1.54, 1.807) is 0 Å². The van der Waals surface area contributed by atoms with E-state index in [1.807, 2.05) is 30.3 Å². The number of rotatable bonds is 10. The van der Waals surface area contributed by atoms with Gasteiger partial charge in [-0.25, -0.2) is 14.6 Å². The molecule has 2 aromatic heterocycles. The van der Waals surface area contributed by atoms with Gasteiger partial charge in [-0.05, 0) is 12.0 Å². The maximum atomic E-state index is 12.7. The van der Waals surface area contributed by atoms with E-state index in [0.29, 0.717) is 11.3 Å². The number of aliphatic hydroxyl groups is 3. The molecule has 6 atom stereocenters. The number of anilines is 1. The lowest BCUT2D eigenvalue weighted by Crippen LogP contribution is -2.33. The molecule has 0 saturated heterocycles. The summed E-state index contributed by atoms with van der Waals surface area (Å²) in [6.45, 7) is -0.235. The van der Waals surface area contributed by atoms with Gasteiger partial charge in [-0.2, -0.15) is 13.2 Å². The third-order valence-electron chi connectivity index (χ3n) is 6.60. The molecule has 0 radical (unpaired) electrons. The van der Waals surface area contributed by atoms with Crippen molar-refractivity contribution in [2.45, 2.75) is 66.9 Å². The lowest BCUT2D eigenvalue weighted by atomic mass is 10.1. The van der Waals surface area contributed by atoms with Crippen molar-refractivity contribution < 1.29 is 33.2 Å². The predicted molar refractivity (Wildman–Crippen MR) is 128 cm³/mol. The van der Waals surface area contributed by atoms with Gasteiger partial charge in [0.2, 0.25) is 0 Å². The summed E-state index contributed by atoms with van der Waals surface area (Å²) in [4.78, 5) is 8.87. The first-order valence-electron chi connectivity index (χ1n) is 12.0. The fourth-order valence-electron chi connectivity index (χ4n) is 4.64. The molecule has 2 aliphatic carbocycles. The zero-order valence-corrected chi connectivity index (χ0v) is 20.4. The second-order valence-corrected chi connectivity index (χ2v) is 10.3. The number of benzene rings is 1. The van der Waals surface area contributed by atoms with E-state index in [1.165, 1.54) is 10.2 Å². The molecule has 2 fully saturated rings. The van der Waals surface area contributed by atoms with Gasteiger partial charge < -0.3 is 25.4 Å². The number of alkyl halides is 3. The number of aromatic nitrogens is 5. The fourth-order valence-corrected chi connectivity index (χ4v) is 5.46. The number of aliphatic hydroxyl groups excluding tert-OH is 3. The molecule has 4 N–H and O–H groups in total. The summed E-state index contributed by atoms with van der Waals surface area (Å²) in [6.07, 6.45) is -7.44. The molecule has 1 aromatic carbocycles. The van der Waals surface area contributed by atoms with Crippen LogP contribution >= 0.6 is 11.8 Å². The molecule has 200 valence electrons. The van der Waals surface area contributed by atoms with Crippen LogP contribution in [0.5, 0.6) is 0 Å². The Morgan fingerprint density at radius 2 is 1.89 bits per heavy atom. The van der Waals surface area contributed by atoms with E-state index in [9.17, 15) is 23.4 Å². The van der Waals surface area contributed by atoms with Crippen molar-refractivity contribution in [3.05, 3.63) is 35.9 Å². The molecule has 37 heavy (non-hydrogen) atoms. The summed E-state index contributed by atoms with van der Waals surface area (Å²) in [6, 6.07) is 9.28. The first-order valence-corrected chi connectivity index (χ1v) is 13.0. The SMILES string of the molecule is OCCO[C@@H]1C[C@H](n2nnc3c(NC4CC4c4ccccc4)nc(SCCC(F)(F)F)nc32)[C@@H](O)[C@H]1O. The zero-order chi connectivity index (χ0) is 26.2. The largest absolute Gasteiger partial charge is 0.394 e. The van der Waals surface area contributed by atoms with Crippen LogP contribution in [0, 0.1) is 0 Å². The van der Waals surface area contributed by atoms with Gasteiger partial charge in [-0.15, -0.1) is 5.10 Å². The normalized spacial score (nSPS) is 27.6. The molecule has 2 unspecified atom stereocenters. The van der Waals surface area contributed by atoms with Crippen molar-refractivity contribution in [3.63, 3.8) is 0 Å². The van der Waals surface area contributed by atoms with Gasteiger partial charge in [-0.3, -0.25) is 0 Å². The van der Waals surface area contributed by atoms with Crippen LogP contribution in [0.2, 0.25) is 0 Å². The van der Waals surface area contributed by atoms with E-state index in [2.05, 4.69) is 25.6 Å². The van der Waals surface area contributed by atoms with E-state index in [0.717, 1.165) is 18.2 Å². The van der Waals surface area contributed by atoms with Crippen LogP contribution in [0.1, 0.15) is 36.8 Å². The van der Waals surface area contributed by atoms with Crippen molar-refractivity contribution in [2.75, 3.05) is 24.3 Å². The molecule has 0 bridgehead atoms. The summed E-state index contributed by atoms with van der Waals surface area (Å²) in [7, 11) is 0. The molecule has 2 saturated carbocycles. The van der Waals surface area contributed by atoms with E-state index in [-0.39, 0.29) is 48.2 Å². The third-order valence-corrected chi connectivity index (χ3v) is 7.45. The first-order chi connectivity index (χ1) is 17.7. The molecule has 5 rings (SSSR count). The van der Waals surface area contributed by atoms with Crippen LogP contribution < -0.4 is 5.32 Å². The molecule has 0 amide bonds. The molecule has 0 spiro atoms. The number of nitrogens with zero attached hydrogens (tertiary/aromatic N) is 5. The number of halogens is 3. The molecule has 14 heteroatoms. The quantitative estimate of drug-likeness (QED) is 0.224. The van der Waals surface area contributed by atoms with Crippen molar-refractivity contribution in [1.82, 2.24) is 25.0 Å². The lowest BCUT2D eigenvalue weighted by molar-refractivity contribution is -0.129. The smallest absolute Gasteiger partial charge is 0.389 e. The molecular weight excluding hydrogens is 513 g/mol. The van der Waals surface area contributed by atoms with E-state index < -0.39 is 37.0 Å². The average molecular weight is 541 g/mol. The maximum Gasteiger partial charge on any atom is 0.389 e. The highest BCUT2D eigenvalue weighted by Crippen LogP contribution is 2.43.